The topological polar surface area (TPSA) is 90.6 Å². The maximum atomic E-state index is 12.4. The fourth-order valence-corrected chi connectivity index (χ4v) is 4.12. The number of hydrogen-bond donors (Lipinski definition) is 1. The Bertz CT molecular complexity index is 1120. The summed E-state index contributed by atoms with van der Waals surface area (Å²) in [4.78, 5) is 13.1. The van der Waals surface area contributed by atoms with E-state index in [1.54, 1.807) is 43.0 Å². The molecule has 29 heavy (non-hydrogen) atoms. The number of fused-ring (bicyclic) bond motifs is 1. The Labute approximate surface area is 174 Å². The van der Waals surface area contributed by atoms with Crippen molar-refractivity contribution in [2.45, 2.75) is 5.16 Å². The number of ether oxygens (including phenoxy) is 2. The molecule has 0 amide bonds. The number of ketones is 1. The molecule has 4 rings (SSSR count). The zero-order valence-electron chi connectivity index (χ0n) is 15.7. The number of Topliss-reactive ketones (excluding diaryl/α,β-unsaturated/α-hetero) is 1. The summed E-state index contributed by atoms with van der Waals surface area (Å²) in [6.07, 6.45) is 0. The van der Waals surface area contributed by atoms with Crippen LogP contribution in [0.15, 0.2) is 53.7 Å². The summed E-state index contributed by atoms with van der Waals surface area (Å²) in [6, 6.07) is 14.6. The minimum Gasteiger partial charge on any atom is -0.497 e. The molecular weight excluding hydrogens is 410 g/mol. The summed E-state index contributed by atoms with van der Waals surface area (Å²) in [6.45, 7) is 0. The zero-order chi connectivity index (χ0) is 20.2. The minimum absolute atomic E-state index is 0.00112. The summed E-state index contributed by atoms with van der Waals surface area (Å²) in [5.41, 5.74) is 1.51. The highest BCUT2D eigenvalue weighted by Gasteiger charge is 2.15. The van der Waals surface area contributed by atoms with Crippen LogP contribution in [-0.4, -0.2) is 45.6 Å². The second-order valence-electron chi connectivity index (χ2n) is 5.88. The van der Waals surface area contributed by atoms with Crippen LogP contribution in [-0.2, 0) is 0 Å². The third-order valence-corrected chi connectivity index (χ3v) is 5.78. The molecule has 0 unspecified atom stereocenters. The van der Waals surface area contributed by atoms with Gasteiger partial charge in [0.25, 0.3) is 0 Å². The van der Waals surface area contributed by atoms with Crippen molar-refractivity contribution in [3.8, 4) is 11.5 Å². The van der Waals surface area contributed by atoms with Gasteiger partial charge in [0.2, 0.25) is 15.2 Å². The van der Waals surface area contributed by atoms with Crippen LogP contribution >= 0.6 is 23.1 Å². The molecule has 0 atom stereocenters. The van der Waals surface area contributed by atoms with E-state index < -0.39 is 0 Å². The smallest absolute Gasteiger partial charge is 0.237 e. The van der Waals surface area contributed by atoms with E-state index >= 15 is 0 Å². The highest BCUT2D eigenvalue weighted by atomic mass is 32.2. The van der Waals surface area contributed by atoms with Crippen LogP contribution in [0.4, 0.5) is 10.8 Å². The molecule has 10 heteroatoms. The molecule has 0 aliphatic carbocycles. The monoisotopic (exact) mass is 427 g/mol. The lowest BCUT2D eigenvalue weighted by Crippen LogP contribution is -2.03. The van der Waals surface area contributed by atoms with Crippen LogP contribution in [0.2, 0.25) is 0 Å². The van der Waals surface area contributed by atoms with E-state index in [1.165, 1.54) is 23.1 Å². The van der Waals surface area contributed by atoms with E-state index in [0.717, 1.165) is 11.4 Å². The maximum absolute atomic E-state index is 12.4. The van der Waals surface area contributed by atoms with Gasteiger partial charge in [0, 0.05) is 11.3 Å². The van der Waals surface area contributed by atoms with Crippen molar-refractivity contribution in [1.29, 1.82) is 0 Å². The number of rotatable bonds is 8. The molecular formula is C19H17N5O3S2. The SMILES string of the molecule is COc1ccc(Nc2nn3c(SCC(=O)c4ccc(OC)cc4)nnc3s2)cc1. The number of thioether (sulfide) groups is 1. The van der Waals surface area contributed by atoms with Gasteiger partial charge in [-0.1, -0.05) is 23.1 Å². The first-order valence-electron chi connectivity index (χ1n) is 8.59. The molecule has 2 aromatic carbocycles. The molecule has 0 fully saturated rings. The van der Waals surface area contributed by atoms with Gasteiger partial charge >= 0.3 is 0 Å². The summed E-state index contributed by atoms with van der Waals surface area (Å²) in [5.74, 6) is 1.74. The van der Waals surface area contributed by atoms with Crippen LogP contribution < -0.4 is 14.8 Å². The lowest BCUT2D eigenvalue weighted by Gasteiger charge is -2.03. The maximum Gasteiger partial charge on any atom is 0.237 e. The molecule has 0 bridgehead atoms. The molecule has 0 saturated carbocycles. The Morgan fingerprint density at radius 3 is 2.34 bits per heavy atom. The third kappa shape index (κ3) is 4.33. The molecule has 8 nitrogen and oxygen atoms in total. The standard InChI is InChI=1S/C19H17N5O3S2/c1-26-14-7-3-12(4-8-14)16(25)11-28-18-21-22-19-24(18)23-17(29-19)20-13-5-9-15(27-2)10-6-13/h3-10H,11H2,1-2H3,(H,20,23). The average Bonchev–Trinajstić information content (AvgIpc) is 3.33. The number of aromatic nitrogens is 4. The molecule has 0 saturated heterocycles. The lowest BCUT2D eigenvalue weighted by molar-refractivity contribution is 0.102. The number of hydrogen-bond acceptors (Lipinski definition) is 9. The van der Waals surface area contributed by atoms with Crippen LogP contribution in [0.25, 0.3) is 4.96 Å². The Morgan fingerprint density at radius 2 is 1.69 bits per heavy atom. The molecule has 0 spiro atoms. The predicted octanol–water partition coefficient (Wildman–Crippen LogP) is 3.92. The van der Waals surface area contributed by atoms with Gasteiger partial charge in [0.05, 0.1) is 20.0 Å². The van der Waals surface area contributed by atoms with Crippen molar-refractivity contribution < 1.29 is 14.3 Å². The highest BCUT2D eigenvalue weighted by molar-refractivity contribution is 7.99. The van der Waals surface area contributed by atoms with Gasteiger partial charge in [-0.05, 0) is 48.5 Å². The van der Waals surface area contributed by atoms with E-state index in [9.17, 15) is 4.79 Å². The van der Waals surface area contributed by atoms with Gasteiger partial charge in [-0.2, -0.15) is 4.52 Å². The van der Waals surface area contributed by atoms with Crippen LogP contribution in [0.1, 0.15) is 10.4 Å². The molecule has 148 valence electrons. The molecule has 0 radical (unpaired) electrons. The van der Waals surface area contributed by atoms with Gasteiger partial charge in [0.15, 0.2) is 5.78 Å². The van der Waals surface area contributed by atoms with Gasteiger partial charge in [0.1, 0.15) is 11.5 Å². The number of benzene rings is 2. The summed E-state index contributed by atoms with van der Waals surface area (Å²) < 4.78 is 11.9. The number of anilines is 2. The fraction of sp³-hybridized carbons (Fsp3) is 0.158. The largest absolute Gasteiger partial charge is 0.497 e. The molecule has 2 heterocycles. The summed E-state index contributed by atoms with van der Waals surface area (Å²) >= 11 is 2.68. The van der Waals surface area contributed by atoms with Crippen molar-refractivity contribution in [1.82, 2.24) is 19.8 Å². The Morgan fingerprint density at radius 1 is 1.03 bits per heavy atom. The normalized spacial score (nSPS) is 10.8. The first-order chi connectivity index (χ1) is 14.2. The van der Waals surface area contributed by atoms with E-state index in [-0.39, 0.29) is 11.5 Å². The molecule has 0 aliphatic heterocycles. The quantitative estimate of drug-likeness (QED) is 0.334. The van der Waals surface area contributed by atoms with Gasteiger partial charge in [-0.25, -0.2) is 0 Å². The number of nitrogens with one attached hydrogen (secondary N) is 1. The summed E-state index contributed by atoms with van der Waals surface area (Å²) in [5, 5.41) is 17.3. The second kappa shape index (κ2) is 8.50. The third-order valence-electron chi connectivity index (χ3n) is 4.05. The Balaban J connectivity index is 1.43. The first kappa shape index (κ1) is 19.2. The van der Waals surface area contributed by atoms with E-state index in [1.807, 2.05) is 24.3 Å². The summed E-state index contributed by atoms with van der Waals surface area (Å²) in [7, 11) is 3.22. The Hall–Kier alpha value is -3.11. The fourth-order valence-electron chi connectivity index (χ4n) is 2.53. The van der Waals surface area contributed by atoms with Crippen molar-refractivity contribution in [3.05, 3.63) is 54.1 Å². The number of methoxy groups -OCH3 is 2. The molecule has 4 aromatic rings. The van der Waals surface area contributed by atoms with Crippen LogP contribution in [0, 0.1) is 0 Å². The van der Waals surface area contributed by atoms with Crippen LogP contribution in [0.3, 0.4) is 0 Å². The molecule has 2 aromatic heterocycles. The minimum atomic E-state index is 0.00112. The average molecular weight is 428 g/mol. The van der Waals surface area contributed by atoms with E-state index in [2.05, 4.69) is 20.6 Å². The van der Waals surface area contributed by atoms with Crippen molar-refractivity contribution in [2.75, 3.05) is 25.3 Å². The van der Waals surface area contributed by atoms with Gasteiger partial charge in [-0.15, -0.1) is 15.3 Å². The number of nitrogens with zero attached hydrogens (tertiary/aromatic N) is 4. The first-order valence-corrected chi connectivity index (χ1v) is 10.4. The molecule has 1 N–H and O–H groups in total. The number of carbonyl (C=O) groups excluding carboxylic acids is 1. The van der Waals surface area contributed by atoms with Crippen molar-refractivity contribution >= 4 is 44.7 Å². The highest BCUT2D eigenvalue weighted by Crippen LogP contribution is 2.27. The second-order valence-corrected chi connectivity index (χ2v) is 7.78. The molecule has 0 aliphatic rings. The van der Waals surface area contributed by atoms with Crippen LogP contribution in [0.5, 0.6) is 11.5 Å². The van der Waals surface area contributed by atoms with E-state index in [0.29, 0.717) is 26.6 Å². The Kier molecular flexibility index (Phi) is 5.63. The lowest BCUT2D eigenvalue weighted by atomic mass is 10.1. The van der Waals surface area contributed by atoms with Gasteiger partial charge in [-0.3, -0.25) is 4.79 Å². The van der Waals surface area contributed by atoms with Crippen molar-refractivity contribution in [3.63, 3.8) is 0 Å². The predicted molar refractivity (Wildman–Crippen MR) is 113 cm³/mol. The zero-order valence-corrected chi connectivity index (χ0v) is 17.3. The van der Waals surface area contributed by atoms with Gasteiger partial charge < -0.3 is 14.8 Å². The van der Waals surface area contributed by atoms with Crippen molar-refractivity contribution in [2.24, 2.45) is 0 Å². The number of carbonyl (C=O) groups is 1. The van der Waals surface area contributed by atoms with E-state index in [4.69, 9.17) is 9.47 Å².